The van der Waals surface area contributed by atoms with Crippen molar-refractivity contribution in [3.05, 3.63) is 67.3 Å². The molecule has 2 saturated carbocycles. The lowest BCUT2D eigenvalue weighted by Gasteiger charge is -2.38. The molecule has 2 aliphatic carbocycles. The molecular weight excluding hydrogens is 364 g/mol. The van der Waals surface area contributed by atoms with E-state index in [2.05, 4.69) is 55.6 Å². The number of ether oxygens (including phenoxy) is 1. The molecule has 2 aromatic carbocycles. The van der Waals surface area contributed by atoms with E-state index >= 15 is 0 Å². The van der Waals surface area contributed by atoms with E-state index in [1.807, 2.05) is 0 Å². The number of hydrogen-bond donors (Lipinski definition) is 0. The average Bonchev–Trinajstić information content (AvgIpc) is 2.81. The minimum Gasteiger partial charge on any atom is -0.490 e. The molecule has 0 aliphatic heterocycles. The monoisotopic (exact) mass is 402 g/mol. The maximum atomic E-state index is 5.68. The minimum atomic E-state index is 0.559. The SMILES string of the molecule is C=CCCC1CCC(C2CCC(c3ccc4cc(OCC=C)ccc4c3)CC2)CC1. The second kappa shape index (κ2) is 10.3. The Morgan fingerprint density at radius 3 is 2.13 bits per heavy atom. The number of rotatable bonds is 8. The van der Waals surface area contributed by atoms with E-state index in [1.165, 1.54) is 80.5 Å². The van der Waals surface area contributed by atoms with Gasteiger partial charge >= 0.3 is 0 Å². The van der Waals surface area contributed by atoms with Crippen LogP contribution in [0.3, 0.4) is 0 Å². The topological polar surface area (TPSA) is 9.23 Å². The highest BCUT2D eigenvalue weighted by Crippen LogP contribution is 2.44. The minimum absolute atomic E-state index is 0.559. The molecule has 0 spiro atoms. The summed E-state index contributed by atoms with van der Waals surface area (Å²) in [6, 6.07) is 13.5. The zero-order valence-corrected chi connectivity index (χ0v) is 18.5. The van der Waals surface area contributed by atoms with Crippen molar-refractivity contribution in [3.8, 4) is 5.75 Å². The van der Waals surface area contributed by atoms with Crippen molar-refractivity contribution in [2.24, 2.45) is 17.8 Å². The third kappa shape index (κ3) is 5.17. The van der Waals surface area contributed by atoms with Gasteiger partial charge in [-0.05, 0) is 104 Å². The predicted molar refractivity (Wildman–Crippen MR) is 129 cm³/mol. The van der Waals surface area contributed by atoms with Crippen LogP contribution in [0.5, 0.6) is 5.75 Å². The summed E-state index contributed by atoms with van der Waals surface area (Å²) < 4.78 is 5.68. The van der Waals surface area contributed by atoms with Gasteiger partial charge in [0.25, 0.3) is 0 Å². The molecule has 0 N–H and O–H groups in total. The first-order chi connectivity index (χ1) is 14.8. The zero-order chi connectivity index (χ0) is 20.8. The maximum absolute atomic E-state index is 5.68. The molecule has 0 amide bonds. The van der Waals surface area contributed by atoms with Gasteiger partial charge in [-0.15, -0.1) is 6.58 Å². The predicted octanol–water partition coefficient (Wildman–Crippen LogP) is 8.45. The number of benzene rings is 2. The molecule has 2 aromatic rings. The first-order valence-corrected chi connectivity index (χ1v) is 12.1. The fourth-order valence-corrected chi connectivity index (χ4v) is 5.97. The van der Waals surface area contributed by atoms with Gasteiger partial charge in [0.1, 0.15) is 12.4 Å². The summed E-state index contributed by atoms with van der Waals surface area (Å²) in [5, 5.41) is 2.60. The first kappa shape index (κ1) is 21.2. The number of fused-ring (bicyclic) bond motifs is 1. The molecule has 0 unspecified atom stereocenters. The molecule has 1 heteroatoms. The summed E-state index contributed by atoms with van der Waals surface area (Å²) in [6.45, 7) is 8.17. The van der Waals surface area contributed by atoms with Gasteiger partial charge in [-0.25, -0.2) is 0 Å². The second-order valence-corrected chi connectivity index (χ2v) is 9.63. The molecule has 30 heavy (non-hydrogen) atoms. The van der Waals surface area contributed by atoms with Crippen molar-refractivity contribution in [1.82, 2.24) is 0 Å². The quantitative estimate of drug-likeness (QED) is 0.402. The highest BCUT2D eigenvalue weighted by molar-refractivity contribution is 5.84. The van der Waals surface area contributed by atoms with Crippen LogP contribution < -0.4 is 4.74 Å². The molecule has 4 rings (SSSR count). The Labute approximate surface area is 183 Å². The Hall–Kier alpha value is -2.02. The van der Waals surface area contributed by atoms with Crippen LogP contribution in [0.2, 0.25) is 0 Å². The van der Waals surface area contributed by atoms with Crippen LogP contribution in [0.1, 0.15) is 75.7 Å². The van der Waals surface area contributed by atoms with Crippen molar-refractivity contribution < 1.29 is 4.74 Å². The number of allylic oxidation sites excluding steroid dienone is 1. The summed E-state index contributed by atoms with van der Waals surface area (Å²) in [4.78, 5) is 0. The van der Waals surface area contributed by atoms with Crippen LogP contribution >= 0.6 is 0 Å². The fourth-order valence-electron chi connectivity index (χ4n) is 5.97. The van der Waals surface area contributed by atoms with Crippen LogP contribution in [-0.2, 0) is 0 Å². The molecular formula is C29H38O. The molecule has 0 radical (unpaired) electrons. The van der Waals surface area contributed by atoms with Crippen LogP contribution in [0.4, 0.5) is 0 Å². The molecule has 0 atom stereocenters. The van der Waals surface area contributed by atoms with E-state index in [9.17, 15) is 0 Å². The van der Waals surface area contributed by atoms with Gasteiger partial charge in [0.15, 0.2) is 0 Å². The summed E-state index contributed by atoms with van der Waals surface area (Å²) in [5.74, 6) is 4.61. The second-order valence-electron chi connectivity index (χ2n) is 9.63. The molecule has 0 aromatic heterocycles. The Balaban J connectivity index is 1.31. The van der Waals surface area contributed by atoms with Gasteiger partial charge in [-0.3, -0.25) is 0 Å². The van der Waals surface area contributed by atoms with E-state index in [-0.39, 0.29) is 0 Å². The molecule has 0 saturated heterocycles. The smallest absolute Gasteiger partial charge is 0.120 e. The van der Waals surface area contributed by atoms with Crippen LogP contribution in [0.15, 0.2) is 61.7 Å². The zero-order valence-electron chi connectivity index (χ0n) is 18.5. The molecule has 2 fully saturated rings. The Morgan fingerprint density at radius 2 is 1.43 bits per heavy atom. The Kier molecular flexibility index (Phi) is 7.31. The molecule has 160 valence electrons. The summed E-state index contributed by atoms with van der Waals surface area (Å²) in [7, 11) is 0. The maximum Gasteiger partial charge on any atom is 0.120 e. The van der Waals surface area contributed by atoms with Crippen molar-refractivity contribution in [1.29, 1.82) is 0 Å². The van der Waals surface area contributed by atoms with Crippen molar-refractivity contribution in [2.75, 3.05) is 6.61 Å². The van der Waals surface area contributed by atoms with Crippen LogP contribution in [0.25, 0.3) is 10.8 Å². The molecule has 0 heterocycles. The summed E-state index contributed by atoms with van der Waals surface area (Å²) in [5.41, 5.74) is 1.54. The van der Waals surface area contributed by atoms with Gasteiger partial charge in [0.2, 0.25) is 0 Å². The standard InChI is InChI=1S/C29H38O/c1-3-5-6-22-7-9-23(10-8-22)24-11-13-25(14-12-24)26-15-16-28-21-29(30-19-4-2)18-17-27(28)20-26/h3-4,15-18,20-25H,1-2,5-14,19H2. The van der Waals surface area contributed by atoms with E-state index in [4.69, 9.17) is 4.74 Å². The van der Waals surface area contributed by atoms with Gasteiger partial charge in [-0.1, -0.05) is 55.8 Å². The summed E-state index contributed by atoms with van der Waals surface area (Å²) >= 11 is 0. The van der Waals surface area contributed by atoms with Crippen molar-refractivity contribution >= 4 is 10.8 Å². The molecule has 1 nitrogen and oxygen atoms in total. The lowest BCUT2D eigenvalue weighted by molar-refractivity contribution is 0.157. The Morgan fingerprint density at radius 1 is 0.767 bits per heavy atom. The fraction of sp³-hybridized carbons (Fsp3) is 0.517. The third-order valence-corrected chi connectivity index (χ3v) is 7.78. The molecule has 2 aliphatic rings. The first-order valence-electron chi connectivity index (χ1n) is 12.1. The number of hydrogen-bond acceptors (Lipinski definition) is 1. The van der Waals surface area contributed by atoms with Crippen LogP contribution in [-0.4, -0.2) is 6.61 Å². The van der Waals surface area contributed by atoms with Gasteiger partial charge in [0.05, 0.1) is 0 Å². The normalized spacial score (nSPS) is 26.9. The van der Waals surface area contributed by atoms with Crippen molar-refractivity contribution in [3.63, 3.8) is 0 Å². The van der Waals surface area contributed by atoms with Crippen LogP contribution in [0, 0.1) is 17.8 Å². The lowest BCUT2D eigenvalue weighted by atomic mass is 9.68. The van der Waals surface area contributed by atoms with E-state index in [0.29, 0.717) is 6.61 Å². The Bertz CT molecular complexity index is 835. The lowest BCUT2D eigenvalue weighted by Crippen LogP contribution is -2.25. The van der Waals surface area contributed by atoms with Gasteiger partial charge in [0, 0.05) is 0 Å². The molecule has 0 bridgehead atoms. The largest absolute Gasteiger partial charge is 0.490 e. The van der Waals surface area contributed by atoms with Gasteiger partial charge < -0.3 is 4.74 Å². The highest BCUT2D eigenvalue weighted by Gasteiger charge is 2.31. The van der Waals surface area contributed by atoms with E-state index < -0.39 is 0 Å². The van der Waals surface area contributed by atoms with E-state index in [0.717, 1.165) is 29.4 Å². The van der Waals surface area contributed by atoms with Crippen molar-refractivity contribution in [2.45, 2.75) is 70.1 Å². The summed E-state index contributed by atoms with van der Waals surface area (Å²) in [6.07, 6.45) is 17.9. The van der Waals surface area contributed by atoms with E-state index in [1.54, 1.807) is 6.08 Å². The highest BCUT2D eigenvalue weighted by atomic mass is 16.5. The van der Waals surface area contributed by atoms with Gasteiger partial charge in [-0.2, -0.15) is 0 Å². The average molecular weight is 403 g/mol. The third-order valence-electron chi connectivity index (χ3n) is 7.78.